The molecule has 2 heterocycles. The molecule has 2 aromatic rings. The van der Waals surface area contributed by atoms with Crippen LogP contribution < -0.4 is 16.5 Å². The van der Waals surface area contributed by atoms with Gasteiger partial charge in [-0.3, -0.25) is 9.59 Å². The van der Waals surface area contributed by atoms with E-state index in [1.165, 1.54) is 0 Å². The van der Waals surface area contributed by atoms with Gasteiger partial charge in [-0.2, -0.15) is 0 Å². The Bertz CT molecular complexity index is 774. The predicted octanol–water partition coefficient (Wildman–Crippen LogP) is 0.556. The van der Waals surface area contributed by atoms with Gasteiger partial charge in [-0.25, -0.2) is 0 Å². The summed E-state index contributed by atoms with van der Waals surface area (Å²) in [5.74, 6) is -0.213. The Morgan fingerprint density at radius 3 is 2.91 bits per heavy atom. The quantitative estimate of drug-likeness (QED) is 0.754. The van der Waals surface area contributed by atoms with Crippen LogP contribution >= 0.6 is 0 Å². The van der Waals surface area contributed by atoms with E-state index in [0.29, 0.717) is 24.2 Å². The van der Waals surface area contributed by atoms with Crippen molar-refractivity contribution < 1.29 is 4.79 Å². The first-order chi connectivity index (χ1) is 10.6. The summed E-state index contributed by atoms with van der Waals surface area (Å²) in [6.07, 6.45) is 2.51. The van der Waals surface area contributed by atoms with Crippen molar-refractivity contribution in [2.24, 2.45) is 7.05 Å². The molecular weight excluding hydrogens is 280 g/mol. The number of nitrogen functional groups attached to an aromatic ring is 1. The Labute approximate surface area is 128 Å². The zero-order valence-electron chi connectivity index (χ0n) is 12.6. The number of carbonyl (C=O) groups excluding carboxylic acids is 1. The van der Waals surface area contributed by atoms with E-state index in [-0.39, 0.29) is 16.9 Å². The Morgan fingerprint density at radius 2 is 2.09 bits per heavy atom. The fourth-order valence-electron chi connectivity index (χ4n) is 2.93. The van der Waals surface area contributed by atoms with Crippen molar-refractivity contribution in [2.75, 3.05) is 31.9 Å². The molecule has 116 valence electrons. The number of nitrogens with two attached hydrogens (primary N) is 1. The highest BCUT2D eigenvalue weighted by Gasteiger charge is 2.22. The minimum atomic E-state index is -0.284. The average Bonchev–Trinajstić information content (AvgIpc) is 2.79. The molecule has 3 rings (SSSR count). The van der Waals surface area contributed by atoms with E-state index in [9.17, 15) is 9.59 Å². The first kappa shape index (κ1) is 14.6. The Kier molecular flexibility index (Phi) is 3.85. The van der Waals surface area contributed by atoms with Crippen molar-refractivity contribution in [2.45, 2.75) is 6.42 Å². The molecule has 1 fully saturated rings. The van der Waals surface area contributed by atoms with E-state index in [2.05, 4.69) is 5.32 Å². The highest BCUT2D eigenvalue weighted by molar-refractivity contribution is 6.00. The number of rotatable bonds is 1. The lowest BCUT2D eigenvalue weighted by Gasteiger charge is -2.20. The smallest absolute Gasteiger partial charge is 0.259 e. The van der Waals surface area contributed by atoms with Crippen LogP contribution in [0.1, 0.15) is 16.8 Å². The van der Waals surface area contributed by atoms with Gasteiger partial charge in [0.15, 0.2) is 0 Å². The number of benzene rings is 1. The van der Waals surface area contributed by atoms with Crippen LogP contribution in [0.3, 0.4) is 0 Å². The third-order valence-corrected chi connectivity index (χ3v) is 4.11. The van der Waals surface area contributed by atoms with E-state index in [1.54, 1.807) is 27.8 Å². The second kappa shape index (κ2) is 5.81. The molecule has 3 N–H and O–H groups in total. The number of amides is 1. The van der Waals surface area contributed by atoms with Crippen LogP contribution in [-0.2, 0) is 7.05 Å². The predicted molar refractivity (Wildman–Crippen MR) is 87.0 cm³/mol. The summed E-state index contributed by atoms with van der Waals surface area (Å²) in [5, 5.41) is 3.67. The molecule has 22 heavy (non-hydrogen) atoms. The van der Waals surface area contributed by atoms with E-state index in [1.807, 2.05) is 13.1 Å². The highest BCUT2D eigenvalue weighted by Crippen LogP contribution is 2.18. The van der Waals surface area contributed by atoms with Gasteiger partial charge in [0.05, 0.1) is 10.9 Å². The minimum absolute atomic E-state index is 0.190. The van der Waals surface area contributed by atoms with Crippen molar-refractivity contribution in [3.63, 3.8) is 0 Å². The van der Waals surface area contributed by atoms with E-state index in [4.69, 9.17) is 5.73 Å². The molecule has 0 atom stereocenters. The topological polar surface area (TPSA) is 80.4 Å². The van der Waals surface area contributed by atoms with Crippen molar-refractivity contribution in [1.82, 2.24) is 14.8 Å². The molecule has 1 aromatic carbocycles. The number of anilines is 1. The lowest BCUT2D eigenvalue weighted by Crippen LogP contribution is -2.37. The molecule has 0 saturated carbocycles. The molecule has 0 bridgehead atoms. The molecule has 0 radical (unpaired) electrons. The SMILES string of the molecule is Cn1cc(C(=O)N2CCCNCC2)c(=O)c2c(N)cccc21. The molecule has 1 aliphatic rings. The third-order valence-electron chi connectivity index (χ3n) is 4.11. The molecule has 1 amide bonds. The van der Waals surface area contributed by atoms with Crippen LogP contribution in [0.15, 0.2) is 29.2 Å². The van der Waals surface area contributed by atoms with Crippen molar-refractivity contribution in [3.05, 3.63) is 40.2 Å². The molecule has 1 saturated heterocycles. The monoisotopic (exact) mass is 300 g/mol. The van der Waals surface area contributed by atoms with Gasteiger partial charge >= 0.3 is 0 Å². The number of hydrogen-bond donors (Lipinski definition) is 2. The zero-order valence-corrected chi connectivity index (χ0v) is 12.6. The average molecular weight is 300 g/mol. The summed E-state index contributed by atoms with van der Waals surface area (Å²) in [6.45, 7) is 2.93. The number of nitrogens with zero attached hydrogens (tertiary/aromatic N) is 2. The first-order valence-electron chi connectivity index (χ1n) is 7.47. The number of carbonyl (C=O) groups is 1. The van der Waals surface area contributed by atoms with E-state index >= 15 is 0 Å². The maximum atomic E-state index is 12.7. The van der Waals surface area contributed by atoms with Crippen molar-refractivity contribution in [3.8, 4) is 0 Å². The fraction of sp³-hybridized carbons (Fsp3) is 0.375. The second-order valence-corrected chi connectivity index (χ2v) is 5.62. The molecule has 0 aliphatic carbocycles. The summed E-state index contributed by atoms with van der Waals surface area (Å²) >= 11 is 0. The van der Waals surface area contributed by atoms with Gasteiger partial charge in [0.1, 0.15) is 5.56 Å². The van der Waals surface area contributed by atoms with Crippen LogP contribution in [0.2, 0.25) is 0 Å². The second-order valence-electron chi connectivity index (χ2n) is 5.62. The summed E-state index contributed by atoms with van der Waals surface area (Å²) in [5.41, 5.74) is 7.00. The summed E-state index contributed by atoms with van der Waals surface area (Å²) < 4.78 is 1.79. The number of aryl methyl sites for hydroxylation is 1. The molecule has 0 unspecified atom stereocenters. The molecule has 0 spiro atoms. The van der Waals surface area contributed by atoms with Crippen molar-refractivity contribution >= 4 is 22.5 Å². The summed E-state index contributed by atoms with van der Waals surface area (Å²) in [7, 11) is 1.82. The number of aromatic nitrogens is 1. The van der Waals surface area contributed by atoms with Crippen LogP contribution in [0, 0.1) is 0 Å². The normalized spacial score (nSPS) is 15.8. The van der Waals surface area contributed by atoms with Gasteiger partial charge in [-0.1, -0.05) is 6.07 Å². The van der Waals surface area contributed by atoms with Crippen LogP contribution in [-0.4, -0.2) is 41.6 Å². The Hall–Kier alpha value is -2.34. The maximum absolute atomic E-state index is 12.7. The molecule has 6 nitrogen and oxygen atoms in total. The number of fused-ring (bicyclic) bond motifs is 1. The van der Waals surface area contributed by atoms with Gasteiger partial charge < -0.3 is 20.5 Å². The number of nitrogens with one attached hydrogen (secondary N) is 1. The van der Waals surface area contributed by atoms with Gasteiger partial charge in [0.25, 0.3) is 5.91 Å². The Morgan fingerprint density at radius 1 is 1.27 bits per heavy atom. The Balaban J connectivity index is 2.11. The summed E-state index contributed by atoms with van der Waals surface area (Å²) in [4.78, 5) is 27.2. The third kappa shape index (κ3) is 2.46. The van der Waals surface area contributed by atoms with E-state index in [0.717, 1.165) is 25.0 Å². The molecule has 1 aliphatic heterocycles. The van der Waals surface area contributed by atoms with Crippen LogP contribution in [0.25, 0.3) is 10.9 Å². The van der Waals surface area contributed by atoms with Crippen LogP contribution in [0.5, 0.6) is 0 Å². The summed E-state index contributed by atoms with van der Waals surface area (Å²) in [6, 6.07) is 5.32. The molecular formula is C16H20N4O2. The van der Waals surface area contributed by atoms with Crippen LogP contribution in [0.4, 0.5) is 5.69 Å². The molecule has 6 heteroatoms. The first-order valence-corrected chi connectivity index (χ1v) is 7.47. The number of hydrogen-bond acceptors (Lipinski definition) is 4. The largest absolute Gasteiger partial charge is 0.398 e. The van der Waals surface area contributed by atoms with Gasteiger partial charge in [-0.05, 0) is 25.1 Å². The maximum Gasteiger partial charge on any atom is 0.259 e. The fourth-order valence-corrected chi connectivity index (χ4v) is 2.93. The van der Waals surface area contributed by atoms with E-state index < -0.39 is 0 Å². The lowest BCUT2D eigenvalue weighted by atomic mass is 10.1. The highest BCUT2D eigenvalue weighted by atomic mass is 16.2. The molecule has 1 aromatic heterocycles. The minimum Gasteiger partial charge on any atom is -0.398 e. The van der Waals surface area contributed by atoms with Crippen molar-refractivity contribution in [1.29, 1.82) is 0 Å². The van der Waals surface area contributed by atoms with Gasteiger partial charge in [0.2, 0.25) is 5.43 Å². The van der Waals surface area contributed by atoms with Gasteiger partial charge in [0, 0.05) is 38.6 Å². The zero-order chi connectivity index (χ0) is 15.7. The standard InChI is InChI=1S/C16H20N4O2/c1-19-10-11(16(22)20-8-3-6-18-7-9-20)15(21)14-12(17)4-2-5-13(14)19/h2,4-5,10,18H,3,6-9,17H2,1H3. The number of pyridine rings is 1. The van der Waals surface area contributed by atoms with Gasteiger partial charge in [-0.15, -0.1) is 0 Å². The lowest BCUT2D eigenvalue weighted by molar-refractivity contribution is 0.0764.